The predicted octanol–water partition coefficient (Wildman–Crippen LogP) is 3.35. The molecule has 1 fully saturated rings. The van der Waals surface area contributed by atoms with Crippen molar-refractivity contribution < 1.29 is 14.8 Å². The van der Waals surface area contributed by atoms with E-state index >= 15 is 0 Å². The zero-order valence-corrected chi connectivity index (χ0v) is 11.4. The van der Waals surface area contributed by atoms with Crippen molar-refractivity contribution in [3.63, 3.8) is 0 Å². The van der Waals surface area contributed by atoms with E-state index in [4.69, 9.17) is 5.11 Å². The molecule has 0 bridgehead atoms. The van der Waals surface area contributed by atoms with Crippen LogP contribution in [-0.2, 0) is 0 Å². The molecule has 0 radical (unpaired) electrons. The molecular formula is C14H18N2O4. The Morgan fingerprint density at radius 3 is 2.55 bits per heavy atom. The first-order valence-corrected chi connectivity index (χ1v) is 6.78. The van der Waals surface area contributed by atoms with E-state index in [1.165, 1.54) is 25.5 Å². The average Bonchev–Trinajstić information content (AvgIpc) is 2.39. The van der Waals surface area contributed by atoms with Gasteiger partial charge >= 0.3 is 5.97 Å². The van der Waals surface area contributed by atoms with Crippen LogP contribution in [0.1, 0.15) is 48.0 Å². The number of nitro groups is 1. The number of carbonyl (C=O) groups is 1. The third kappa shape index (κ3) is 2.89. The summed E-state index contributed by atoms with van der Waals surface area (Å²) in [4.78, 5) is 21.8. The number of rotatable bonds is 4. The number of anilines is 1. The number of aromatic carboxylic acids is 1. The van der Waals surface area contributed by atoms with Gasteiger partial charge in [0.05, 0.1) is 10.5 Å². The Balaban J connectivity index is 2.34. The van der Waals surface area contributed by atoms with Gasteiger partial charge in [0.2, 0.25) is 0 Å². The van der Waals surface area contributed by atoms with E-state index in [1.807, 2.05) is 0 Å². The minimum atomic E-state index is -1.14. The molecule has 0 saturated heterocycles. The zero-order chi connectivity index (χ0) is 14.7. The quantitative estimate of drug-likeness (QED) is 0.650. The summed E-state index contributed by atoms with van der Waals surface area (Å²) in [5.74, 6) is -1.14. The maximum Gasteiger partial charge on any atom is 0.336 e. The lowest BCUT2D eigenvalue weighted by Gasteiger charge is -2.24. The monoisotopic (exact) mass is 278 g/mol. The van der Waals surface area contributed by atoms with Gasteiger partial charge in [-0.05, 0) is 31.9 Å². The molecule has 2 N–H and O–H groups in total. The molecule has 1 saturated carbocycles. The Morgan fingerprint density at radius 2 is 2.00 bits per heavy atom. The van der Waals surface area contributed by atoms with Crippen LogP contribution in [0.5, 0.6) is 0 Å². The van der Waals surface area contributed by atoms with Crippen LogP contribution in [0.25, 0.3) is 0 Å². The van der Waals surface area contributed by atoms with Crippen LogP contribution in [0.2, 0.25) is 0 Å². The number of nitrogens with zero attached hydrogens (tertiary/aromatic N) is 1. The molecule has 1 aromatic rings. The highest BCUT2D eigenvalue weighted by Gasteiger charge is 2.25. The van der Waals surface area contributed by atoms with Crippen molar-refractivity contribution in [1.82, 2.24) is 0 Å². The molecule has 1 aromatic carbocycles. The second-order valence-corrected chi connectivity index (χ2v) is 5.18. The maximum atomic E-state index is 11.2. The smallest absolute Gasteiger partial charge is 0.336 e. The molecule has 6 nitrogen and oxygen atoms in total. The molecule has 0 aliphatic heterocycles. The van der Waals surface area contributed by atoms with Gasteiger partial charge in [-0.15, -0.1) is 0 Å². The van der Waals surface area contributed by atoms with Gasteiger partial charge < -0.3 is 10.4 Å². The normalized spacial score (nSPS) is 15.8. The highest BCUT2D eigenvalue weighted by Crippen LogP contribution is 2.33. The van der Waals surface area contributed by atoms with Crippen LogP contribution in [0.3, 0.4) is 0 Å². The molecule has 0 aromatic heterocycles. The van der Waals surface area contributed by atoms with E-state index in [-0.39, 0.29) is 22.9 Å². The fraction of sp³-hybridized carbons (Fsp3) is 0.500. The van der Waals surface area contributed by atoms with Crippen molar-refractivity contribution in [2.75, 3.05) is 5.32 Å². The van der Waals surface area contributed by atoms with Crippen molar-refractivity contribution in [3.05, 3.63) is 33.4 Å². The number of carboxylic acids is 1. The van der Waals surface area contributed by atoms with Gasteiger partial charge in [-0.1, -0.05) is 19.3 Å². The number of benzene rings is 1. The summed E-state index contributed by atoms with van der Waals surface area (Å²) in [6.45, 7) is 1.48. The molecule has 1 aliphatic rings. The first-order valence-electron chi connectivity index (χ1n) is 6.78. The van der Waals surface area contributed by atoms with E-state index in [0.717, 1.165) is 25.7 Å². The number of carboxylic acid groups (broad SMARTS) is 1. The molecule has 1 aliphatic carbocycles. The molecule has 0 amide bonds. The lowest BCUT2D eigenvalue weighted by atomic mass is 9.95. The highest BCUT2D eigenvalue weighted by molar-refractivity contribution is 5.92. The van der Waals surface area contributed by atoms with Gasteiger partial charge in [-0.3, -0.25) is 10.1 Å². The molecule has 0 heterocycles. The lowest BCUT2D eigenvalue weighted by Crippen LogP contribution is -2.23. The van der Waals surface area contributed by atoms with Crippen LogP contribution in [0, 0.1) is 17.0 Å². The highest BCUT2D eigenvalue weighted by atomic mass is 16.6. The Hall–Kier alpha value is -2.11. The topological polar surface area (TPSA) is 92.5 Å². The minimum Gasteiger partial charge on any atom is -0.478 e. The Labute approximate surface area is 117 Å². The zero-order valence-electron chi connectivity index (χ0n) is 11.4. The third-order valence-electron chi connectivity index (χ3n) is 3.81. The molecule has 20 heavy (non-hydrogen) atoms. The number of nitro benzene ring substituents is 1. The maximum absolute atomic E-state index is 11.2. The molecular weight excluding hydrogens is 260 g/mol. The summed E-state index contributed by atoms with van der Waals surface area (Å²) in [7, 11) is 0. The average molecular weight is 278 g/mol. The van der Waals surface area contributed by atoms with E-state index < -0.39 is 10.9 Å². The summed E-state index contributed by atoms with van der Waals surface area (Å²) in [6, 6.07) is 3.16. The number of hydrogen-bond donors (Lipinski definition) is 2. The molecule has 2 rings (SSSR count). The van der Waals surface area contributed by atoms with Gasteiger partial charge in [-0.2, -0.15) is 0 Å². The van der Waals surface area contributed by atoms with Crippen molar-refractivity contribution in [3.8, 4) is 0 Å². The molecule has 108 valence electrons. The van der Waals surface area contributed by atoms with Gasteiger partial charge in [-0.25, -0.2) is 4.79 Å². The standard InChI is InChI=1S/C14H18N2O4/c1-9-11(14(17)18)7-8-12(13(9)16(19)20)15-10-5-3-2-4-6-10/h7-8,10,15H,2-6H2,1H3,(H,17,18). The van der Waals surface area contributed by atoms with Crippen LogP contribution < -0.4 is 5.32 Å². The first-order chi connectivity index (χ1) is 9.50. The fourth-order valence-electron chi connectivity index (χ4n) is 2.75. The minimum absolute atomic E-state index is 0.0223. The molecule has 0 unspecified atom stereocenters. The summed E-state index contributed by atoms with van der Waals surface area (Å²) in [6.07, 6.45) is 5.44. The van der Waals surface area contributed by atoms with E-state index in [0.29, 0.717) is 5.69 Å². The van der Waals surface area contributed by atoms with Crippen molar-refractivity contribution in [2.24, 2.45) is 0 Å². The van der Waals surface area contributed by atoms with Crippen molar-refractivity contribution in [1.29, 1.82) is 0 Å². The van der Waals surface area contributed by atoms with E-state index in [2.05, 4.69) is 5.32 Å². The lowest BCUT2D eigenvalue weighted by molar-refractivity contribution is -0.384. The van der Waals surface area contributed by atoms with Crippen LogP contribution in [-0.4, -0.2) is 22.0 Å². The van der Waals surface area contributed by atoms with Crippen molar-refractivity contribution >= 4 is 17.3 Å². The van der Waals surface area contributed by atoms with E-state index in [1.54, 1.807) is 0 Å². The second kappa shape index (κ2) is 5.90. The molecule has 0 atom stereocenters. The molecule has 0 spiro atoms. The third-order valence-corrected chi connectivity index (χ3v) is 3.81. The first kappa shape index (κ1) is 14.3. The van der Waals surface area contributed by atoms with Crippen molar-refractivity contribution in [2.45, 2.75) is 45.1 Å². The Kier molecular flexibility index (Phi) is 4.22. The largest absolute Gasteiger partial charge is 0.478 e. The second-order valence-electron chi connectivity index (χ2n) is 5.18. The SMILES string of the molecule is Cc1c(C(=O)O)ccc(NC2CCCCC2)c1[N+](=O)[O-]. The summed E-state index contributed by atoms with van der Waals surface area (Å²) in [5.41, 5.74) is 0.467. The van der Waals surface area contributed by atoms with Gasteiger partial charge in [0, 0.05) is 11.6 Å². The summed E-state index contributed by atoms with van der Waals surface area (Å²) in [5, 5.41) is 23.5. The van der Waals surface area contributed by atoms with Gasteiger partial charge in [0.15, 0.2) is 0 Å². The van der Waals surface area contributed by atoms with Crippen LogP contribution in [0.15, 0.2) is 12.1 Å². The summed E-state index contributed by atoms with van der Waals surface area (Å²) < 4.78 is 0. The predicted molar refractivity (Wildman–Crippen MR) is 75.3 cm³/mol. The van der Waals surface area contributed by atoms with Gasteiger partial charge in [0.1, 0.15) is 5.69 Å². The van der Waals surface area contributed by atoms with Gasteiger partial charge in [0.25, 0.3) is 5.69 Å². The summed E-state index contributed by atoms with van der Waals surface area (Å²) >= 11 is 0. The van der Waals surface area contributed by atoms with Crippen LogP contribution in [0.4, 0.5) is 11.4 Å². The van der Waals surface area contributed by atoms with E-state index in [9.17, 15) is 14.9 Å². The molecule has 6 heteroatoms. The fourth-order valence-corrected chi connectivity index (χ4v) is 2.75. The van der Waals surface area contributed by atoms with Crippen LogP contribution >= 0.6 is 0 Å². The number of hydrogen-bond acceptors (Lipinski definition) is 4. The Morgan fingerprint density at radius 1 is 1.35 bits per heavy atom. The Bertz CT molecular complexity index is 536. The number of nitrogens with one attached hydrogen (secondary N) is 1.